The molecule has 1 fully saturated rings. The van der Waals surface area contributed by atoms with E-state index < -0.39 is 26.6 Å². The average Bonchev–Trinajstić information content (AvgIpc) is 2.55. The van der Waals surface area contributed by atoms with Crippen LogP contribution >= 0.6 is 0 Å². The minimum Gasteiger partial charge on any atom is -0.369 e. The molecule has 0 unspecified atom stereocenters. The fraction of sp³-hybridized carbons (Fsp3) is 0.250. The van der Waals surface area contributed by atoms with Gasteiger partial charge in [0.15, 0.2) is 4.90 Å². The van der Waals surface area contributed by atoms with Gasteiger partial charge in [0.25, 0.3) is 0 Å². The molecule has 0 N–H and O–H groups in total. The Morgan fingerprint density at radius 1 is 0.792 bits per heavy atom. The summed E-state index contributed by atoms with van der Waals surface area (Å²) in [5.41, 5.74) is 0.769. The van der Waals surface area contributed by atoms with E-state index >= 15 is 0 Å². The third kappa shape index (κ3) is 3.11. The lowest BCUT2D eigenvalue weighted by Crippen LogP contribution is -2.49. The van der Waals surface area contributed by atoms with Gasteiger partial charge in [-0.05, 0) is 36.4 Å². The Balaban J connectivity index is 1.77. The second kappa shape index (κ2) is 6.45. The van der Waals surface area contributed by atoms with Crippen LogP contribution in [0.5, 0.6) is 0 Å². The summed E-state index contributed by atoms with van der Waals surface area (Å²) in [5, 5.41) is 0. The summed E-state index contributed by atoms with van der Waals surface area (Å²) in [6, 6.07) is 8.83. The van der Waals surface area contributed by atoms with Crippen LogP contribution in [0.2, 0.25) is 0 Å². The van der Waals surface area contributed by atoms with Crippen molar-refractivity contribution in [1.29, 1.82) is 0 Å². The molecule has 128 valence electrons. The number of anilines is 1. The SMILES string of the molecule is O=S(=O)(c1c(F)cccc1F)N1CCN(c2ccc(F)cc2)CC1. The van der Waals surface area contributed by atoms with Crippen molar-refractivity contribution in [1.82, 2.24) is 4.31 Å². The third-order valence-corrected chi connectivity index (χ3v) is 5.90. The number of rotatable bonds is 3. The van der Waals surface area contributed by atoms with Gasteiger partial charge in [0.2, 0.25) is 10.0 Å². The molecule has 24 heavy (non-hydrogen) atoms. The van der Waals surface area contributed by atoms with E-state index in [0.717, 1.165) is 28.2 Å². The lowest BCUT2D eigenvalue weighted by molar-refractivity contribution is 0.378. The highest BCUT2D eigenvalue weighted by atomic mass is 32.2. The molecular formula is C16H15F3N2O2S. The van der Waals surface area contributed by atoms with Crippen LogP contribution in [0, 0.1) is 17.5 Å². The lowest BCUT2D eigenvalue weighted by Gasteiger charge is -2.35. The van der Waals surface area contributed by atoms with Crippen molar-refractivity contribution in [3.8, 4) is 0 Å². The zero-order valence-electron chi connectivity index (χ0n) is 12.6. The van der Waals surface area contributed by atoms with E-state index in [9.17, 15) is 21.6 Å². The Morgan fingerprint density at radius 3 is 1.88 bits per heavy atom. The van der Waals surface area contributed by atoms with Crippen molar-refractivity contribution in [2.75, 3.05) is 31.1 Å². The van der Waals surface area contributed by atoms with Crippen LogP contribution in [-0.2, 0) is 10.0 Å². The molecule has 2 aromatic rings. The summed E-state index contributed by atoms with van der Waals surface area (Å²) in [6.45, 7) is 0.878. The van der Waals surface area contributed by atoms with E-state index in [1.54, 1.807) is 12.1 Å². The van der Waals surface area contributed by atoms with Gasteiger partial charge in [0.05, 0.1) is 0 Å². The van der Waals surface area contributed by atoms with Crippen molar-refractivity contribution in [3.63, 3.8) is 0 Å². The minimum absolute atomic E-state index is 0.0908. The molecule has 1 saturated heterocycles. The van der Waals surface area contributed by atoms with E-state index in [1.807, 2.05) is 4.90 Å². The van der Waals surface area contributed by atoms with Crippen molar-refractivity contribution in [2.24, 2.45) is 0 Å². The van der Waals surface area contributed by atoms with Gasteiger partial charge in [0.1, 0.15) is 17.5 Å². The first-order valence-electron chi connectivity index (χ1n) is 7.34. The fourth-order valence-corrected chi connectivity index (χ4v) is 4.23. The van der Waals surface area contributed by atoms with Gasteiger partial charge < -0.3 is 4.90 Å². The zero-order chi connectivity index (χ0) is 17.3. The molecule has 2 aromatic carbocycles. The van der Waals surface area contributed by atoms with Gasteiger partial charge in [-0.15, -0.1) is 0 Å². The Labute approximate surface area is 138 Å². The highest BCUT2D eigenvalue weighted by Crippen LogP contribution is 2.25. The molecule has 8 heteroatoms. The maximum atomic E-state index is 13.8. The molecule has 0 saturated carbocycles. The lowest BCUT2D eigenvalue weighted by atomic mass is 10.2. The van der Waals surface area contributed by atoms with Crippen LogP contribution in [-0.4, -0.2) is 38.9 Å². The number of hydrogen-bond donors (Lipinski definition) is 0. The molecule has 1 aliphatic heterocycles. The first-order chi connectivity index (χ1) is 11.4. The average molecular weight is 356 g/mol. The topological polar surface area (TPSA) is 40.6 Å². The van der Waals surface area contributed by atoms with Gasteiger partial charge >= 0.3 is 0 Å². The molecule has 1 heterocycles. The Morgan fingerprint density at radius 2 is 1.33 bits per heavy atom. The molecule has 1 aliphatic rings. The van der Waals surface area contributed by atoms with Gasteiger partial charge in [-0.25, -0.2) is 21.6 Å². The molecule has 0 aliphatic carbocycles. The highest BCUT2D eigenvalue weighted by molar-refractivity contribution is 7.89. The molecule has 3 rings (SSSR count). The van der Waals surface area contributed by atoms with Crippen molar-refractivity contribution < 1.29 is 21.6 Å². The van der Waals surface area contributed by atoms with Crippen molar-refractivity contribution >= 4 is 15.7 Å². The van der Waals surface area contributed by atoms with Crippen molar-refractivity contribution in [2.45, 2.75) is 4.90 Å². The molecule has 0 atom stereocenters. The van der Waals surface area contributed by atoms with Gasteiger partial charge in [0, 0.05) is 31.9 Å². The highest BCUT2D eigenvalue weighted by Gasteiger charge is 2.33. The van der Waals surface area contributed by atoms with E-state index in [1.165, 1.54) is 12.1 Å². The summed E-state index contributed by atoms with van der Waals surface area (Å²) in [7, 11) is -4.24. The molecular weight excluding hydrogens is 341 g/mol. The minimum atomic E-state index is -4.24. The first kappa shape index (κ1) is 16.8. The van der Waals surface area contributed by atoms with Crippen LogP contribution in [0.3, 0.4) is 0 Å². The summed E-state index contributed by atoms with van der Waals surface area (Å²) in [6.07, 6.45) is 0. The van der Waals surface area contributed by atoms with E-state index in [-0.39, 0.29) is 18.9 Å². The summed E-state index contributed by atoms with van der Waals surface area (Å²) < 4.78 is 66.6. The second-order valence-corrected chi connectivity index (χ2v) is 7.29. The van der Waals surface area contributed by atoms with Crippen LogP contribution in [0.4, 0.5) is 18.9 Å². The summed E-state index contributed by atoms with van der Waals surface area (Å²) in [5.74, 6) is -2.55. The third-order valence-electron chi connectivity index (χ3n) is 3.95. The smallest absolute Gasteiger partial charge is 0.249 e. The van der Waals surface area contributed by atoms with E-state index in [4.69, 9.17) is 0 Å². The predicted octanol–water partition coefficient (Wildman–Crippen LogP) is 2.61. The monoisotopic (exact) mass is 356 g/mol. The van der Waals surface area contributed by atoms with Crippen LogP contribution in [0.25, 0.3) is 0 Å². The summed E-state index contributed by atoms with van der Waals surface area (Å²) >= 11 is 0. The Hall–Kier alpha value is -2.06. The largest absolute Gasteiger partial charge is 0.369 e. The number of sulfonamides is 1. The number of hydrogen-bond acceptors (Lipinski definition) is 3. The standard InChI is InChI=1S/C16H15F3N2O2S/c17-12-4-6-13(7-5-12)20-8-10-21(11-9-20)24(22,23)16-14(18)2-1-3-15(16)19/h1-7H,8-11H2. The molecule has 0 amide bonds. The maximum Gasteiger partial charge on any atom is 0.249 e. The summed E-state index contributed by atoms with van der Waals surface area (Å²) in [4.78, 5) is 0.976. The number of benzene rings is 2. The van der Waals surface area contributed by atoms with Crippen LogP contribution in [0.1, 0.15) is 0 Å². The molecule has 0 bridgehead atoms. The maximum absolute atomic E-state index is 13.8. The van der Waals surface area contributed by atoms with E-state index in [2.05, 4.69) is 0 Å². The van der Waals surface area contributed by atoms with Gasteiger partial charge in [-0.3, -0.25) is 0 Å². The normalized spacial score (nSPS) is 16.4. The number of halogens is 3. The Kier molecular flexibility index (Phi) is 4.51. The second-order valence-electron chi connectivity index (χ2n) is 5.42. The van der Waals surface area contributed by atoms with E-state index in [0.29, 0.717) is 13.1 Å². The molecule has 0 spiro atoms. The zero-order valence-corrected chi connectivity index (χ0v) is 13.4. The number of piperazine rings is 1. The first-order valence-corrected chi connectivity index (χ1v) is 8.78. The molecule has 0 aromatic heterocycles. The molecule has 4 nitrogen and oxygen atoms in total. The van der Waals surface area contributed by atoms with Crippen molar-refractivity contribution in [3.05, 3.63) is 59.9 Å². The predicted molar refractivity (Wildman–Crippen MR) is 83.7 cm³/mol. The van der Waals surface area contributed by atoms with Gasteiger partial charge in [-0.2, -0.15) is 4.31 Å². The Bertz CT molecular complexity index is 813. The van der Waals surface area contributed by atoms with Crippen LogP contribution < -0.4 is 4.90 Å². The fourth-order valence-electron chi connectivity index (χ4n) is 2.70. The number of nitrogens with zero attached hydrogens (tertiary/aromatic N) is 2. The van der Waals surface area contributed by atoms with Crippen LogP contribution in [0.15, 0.2) is 47.4 Å². The molecule has 0 radical (unpaired) electrons. The quantitative estimate of drug-likeness (QED) is 0.849. The van der Waals surface area contributed by atoms with Gasteiger partial charge in [-0.1, -0.05) is 6.07 Å².